The van der Waals surface area contributed by atoms with Gasteiger partial charge in [0.2, 0.25) is 0 Å². The molecule has 35 heavy (non-hydrogen) atoms. The first-order valence-corrected chi connectivity index (χ1v) is 12.1. The van der Waals surface area contributed by atoms with Crippen LogP contribution in [0.3, 0.4) is 0 Å². The zero-order valence-electron chi connectivity index (χ0n) is 19.5. The first-order valence-electron chi connectivity index (χ1n) is 11.7. The van der Waals surface area contributed by atoms with Crippen LogP contribution in [0.2, 0.25) is 5.02 Å². The van der Waals surface area contributed by atoms with Crippen molar-refractivity contribution in [2.45, 2.75) is 13.5 Å². The van der Waals surface area contributed by atoms with Gasteiger partial charge in [0.05, 0.1) is 13.2 Å². The van der Waals surface area contributed by atoms with E-state index in [9.17, 15) is 4.79 Å². The van der Waals surface area contributed by atoms with Crippen molar-refractivity contribution in [1.29, 1.82) is 0 Å². The van der Waals surface area contributed by atoms with Gasteiger partial charge in [0, 0.05) is 48.8 Å². The van der Waals surface area contributed by atoms with Crippen LogP contribution in [0.25, 0.3) is 16.9 Å². The maximum Gasteiger partial charge on any atom is 0.321 e. The molecule has 0 spiro atoms. The minimum absolute atomic E-state index is 0.113. The maximum absolute atomic E-state index is 12.7. The molecule has 2 aromatic carbocycles. The summed E-state index contributed by atoms with van der Waals surface area (Å²) in [5.74, 6) is 1.75. The van der Waals surface area contributed by atoms with E-state index in [0.29, 0.717) is 37.0 Å². The Morgan fingerprint density at radius 3 is 2.60 bits per heavy atom. The van der Waals surface area contributed by atoms with Crippen LogP contribution in [-0.2, 0) is 6.54 Å². The molecule has 1 aliphatic rings. The number of imidazole rings is 1. The first kappa shape index (κ1) is 23.1. The van der Waals surface area contributed by atoms with Crippen molar-refractivity contribution < 1.29 is 9.53 Å². The van der Waals surface area contributed by atoms with Gasteiger partial charge in [0.1, 0.15) is 17.1 Å². The van der Waals surface area contributed by atoms with E-state index in [0.717, 1.165) is 41.5 Å². The van der Waals surface area contributed by atoms with Crippen molar-refractivity contribution in [2.75, 3.05) is 38.1 Å². The van der Waals surface area contributed by atoms with E-state index in [2.05, 4.69) is 19.8 Å². The molecule has 0 aliphatic carbocycles. The largest absolute Gasteiger partial charge is 0.494 e. The van der Waals surface area contributed by atoms with E-state index in [4.69, 9.17) is 21.3 Å². The Morgan fingerprint density at radius 1 is 1.06 bits per heavy atom. The van der Waals surface area contributed by atoms with Gasteiger partial charge in [-0.3, -0.25) is 9.47 Å². The van der Waals surface area contributed by atoms with Gasteiger partial charge in [-0.15, -0.1) is 0 Å². The molecule has 0 radical (unpaired) electrons. The fourth-order valence-corrected chi connectivity index (χ4v) is 4.46. The predicted octanol–water partition coefficient (Wildman–Crippen LogP) is 4.82. The number of halogens is 1. The molecule has 5 rings (SSSR count). The number of rotatable bonds is 6. The predicted molar refractivity (Wildman–Crippen MR) is 137 cm³/mol. The van der Waals surface area contributed by atoms with Gasteiger partial charge in [0.15, 0.2) is 5.65 Å². The van der Waals surface area contributed by atoms with Crippen LogP contribution in [-0.4, -0.2) is 63.2 Å². The van der Waals surface area contributed by atoms with Crippen molar-refractivity contribution >= 4 is 34.5 Å². The summed E-state index contributed by atoms with van der Waals surface area (Å²) in [7, 11) is 0. The number of piperazine rings is 1. The van der Waals surface area contributed by atoms with Crippen LogP contribution in [0.5, 0.6) is 5.75 Å². The highest BCUT2D eigenvalue weighted by Gasteiger charge is 2.23. The number of fused-ring (bicyclic) bond motifs is 1. The summed E-state index contributed by atoms with van der Waals surface area (Å²) in [6.45, 7) is 6.03. The van der Waals surface area contributed by atoms with Gasteiger partial charge in [-0.2, -0.15) is 0 Å². The Bertz CT molecular complexity index is 1320. The Hall–Kier alpha value is -3.62. The van der Waals surface area contributed by atoms with Gasteiger partial charge in [0.25, 0.3) is 0 Å². The summed E-state index contributed by atoms with van der Waals surface area (Å²) < 4.78 is 7.70. The van der Waals surface area contributed by atoms with Crippen LogP contribution in [0.4, 0.5) is 10.5 Å². The minimum Gasteiger partial charge on any atom is -0.494 e. The lowest BCUT2D eigenvalue weighted by Crippen LogP contribution is -2.49. The number of anilines is 1. The lowest BCUT2D eigenvalue weighted by Gasteiger charge is -2.34. The molecule has 1 saturated heterocycles. The van der Waals surface area contributed by atoms with E-state index in [1.165, 1.54) is 0 Å². The van der Waals surface area contributed by atoms with E-state index >= 15 is 0 Å². The molecule has 0 saturated carbocycles. The molecule has 0 unspecified atom stereocenters. The average molecular weight is 491 g/mol. The normalized spacial score (nSPS) is 14.3. The number of hydrogen-bond donors (Lipinski definition) is 1. The zero-order valence-corrected chi connectivity index (χ0v) is 20.3. The Kier molecular flexibility index (Phi) is 6.83. The number of amides is 2. The molecule has 9 heteroatoms. The molecule has 1 N–H and O–H groups in total. The average Bonchev–Trinajstić information content (AvgIpc) is 3.23. The van der Waals surface area contributed by atoms with Gasteiger partial charge in [-0.1, -0.05) is 17.7 Å². The Labute approximate surface area is 209 Å². The van der Waals surface area contributed by atoms with Crippen molar-refractivity contribution in [3.8, 4) is 11.4 Å². The molecule has 0 bridgehead atoms. The molecular formula is C26H27ClN6O2. The molecule has 2 amide bonds. The SMILES string of the molecule is CCOc1ccc(-n2c(CN3CCN(C(=O)Nc4cccc(Cl)c4)CC3)nc3cccnc32)cc1. The van der Waals surface area contributed by atoms with Gasteiger partial charge >= 0.3 is 6.03 Å². The monoisotopic (exact) mass is 490 g/mol. The van der Waals surface area contributed by atoms with Gasteiger partial charge < -0.3 is 15.0 Å². The molecule has 180 valence electrons. The molecule has 1 aliphatic heterocycles. The number of nitrogens with zero attached hydrogens (tertiary/aromatic N) is 5. The third-order valence-electron chi connectivity index (χ3n) is 5.99. The number of carbonyl (C=O) groups is 1. The van der Waals surface area contributed by atoms with Crippen molar-refractivity contribution in [3.05, 3.63) is 77.7 Å². The summed E-state index contributed by atoms with van der Waals surface area (Å²) in [4.78, 5) is 26.3. The number of hydrogen-bond acceptors (Lipinski definition) is 5. The van der Waals surface area contributed by atoms with Crippen LogP contribution in [0.15, 0.2) is 66.9 Å². The summed E-state index contributed by atoms with van der Waals surface area (Å²) in [5.41, 5.74) is 3.37. The highest BCUT2D eigenvalue weighted by molar-refractivity contribution is 6.30. The number of pyridine rings is 1. The molecule has 3 heterocycles. The standard InChI is InChI=1S/C26H27ClN6O2/c1-2-35-22-10-8-21(9-11-22)33-24(30-23-7-4-12-28-25(23)33)18-31-13-15-32(16-14-31)26(34)29-20-6-3-5-19(27)17-20/h3-12,17H,2,13-16,18H2,1H3,(H,29,34). The smallest absolute Gasteiger partial charge is 0.321 e. The number of carbonyl (C=O) groups excluding carboxylic acids is 1. The fourth-order valence-electron chi connectivity index (χ4n) is 4.27. The molecule has 8 nitrogen and oxygen atoms in total. The number of nitrogens with one attached hydrogen (secondary N) is 1. The maximum atomic E-state index is 12.7. The Balaban J connectivity index is 1.29. The summed E-state index contributed by atoms with van der Waals surface area (Å²) >= 11 is 6.03. The number of ether oxygens (including phenoxy) is 1. The summed E-state index contributed by atoms with van der Waals surface area (Å²) in [6, 6.07) is 18.9. The number of benzene rings is 2. The van der Waals surface area contributed by atoms with Gasteiger partial charge in [-0.05, 0) is 61.5 Å². The third-order valence-corrected chi connectivity index (χ3v) is 6.23. The van der Waals surface area contributed by atoms with Crippen LogP contribution >= 0.6 is 11.6 Å². The van der Waals surface area contributed by atoms with Crippen molar-refractivity contribution in [1.82, 2.24) is 24.3 Å². The lowest BCUT2D eigenvalue weighted by molar-refractivity contribution is 0.140. The number of urea groups is 1. The first-order chi connectivity index (χ1) is 17.1. The molecule has 0 atom stereocenters. The lowest BCUT2D eigenvalue weighted by atomic mass is 10.2. The Morgan fingerprint density at radius 2 is 1.86 bits per heavy atom. The van der Waals surface area contributed by atoms with Crippen LogP contribution in [0.1, 0.15) is 12.7 Å². The highest BCUT2D eigenvalue weighted by Crippen LogP contribution is 2.23. The molecule has 2 aromatic heterocycles. The molecular weight excluding hydrogens is 464 g/mol. The summed E-state index contributed by atoms with van der Waals surface area (Å²) in [6.07, 6.45) is 1.79. The van der Waals surface area contributed by atoms with E-state index in [1.54, 1.807) is 18.3 Å². The second kappa shape index (κ2) is 10.3. The summed E-state index contributed by atoms with van der Waals surface area (Å²) in [5, 5.41) is 3.52. The van der Waals surface area contributed by atoms with E-state index in [1.807, 2.05) is 60.4 Å². The number of aromatic nitrogens is 3. The highest BCUT2D eigenvalue weighted by atomic mass is 35.5. The van der Waals surface area contributed by atoms with Crippen molar-refractivity contribution in [3.63, 3.8) is 0 Å². The van der Waals surface area contributed by atoms with E-state index < -0.39 is 0 Å². The van der Waals surface area contributed by atoms with Crippen LogP contribution < -0.4 is 10.1 Å². The topological polar surface area (TPSA) is 75.5 Å². The van der Waals surface area contributed by atoms with Crippen LogP contribution in [0, 0.1) is 0 Å². The minimum atomic E-state index is -0.113. The second-order valence-electron chi connectivity index (χ2n) is 8.34. The molecule has 1 fully saturated rings. The van der Waals surface area contributed by atoms with Crippen molar-refractivity contribution in [2.24, 2.45) is 0 Å². The second-order valence-corrected chi connectivity index (χ2v) is 8.78. The molecule has 4 aromatic rings. The quantitative estimate of drug-likeness (QED) is 0.419. The van der Waals surface area contributed by atoms with Gasteiger partial charge in [-0.25, -0.2) is 14.8 Å². The third kappa shape index (κ3) is 5.23. The zero-order chi connectivity index (χ0) is 24.2. The fraction of sp³-hybridized carbons (Fsp3) is 0.269. The van der Waals surface area contributed by atoms with E-state index in [-0.39, 0.29) is 6.03 Å².